The van der Waals surface area contributed by atoms with Crippen molar-refractivity contribution in [3.63, 3.8) is 0 Å². The van der Waals surface area contributed by atoms with E-state index >= 15 is 0 Å². The fraction of sp³-hybridized carbons (Fsp3) is 0.318. The first kappa shape index (κ1) is 23.7. The largest absolute Gasteiger partial charge is 0.365 e. The van der Waals surface area contributed by atoms with Gasteiger partial charge in [0.05, 0.1) is 20.1 Å². The Morgan fingerprint density at radius 1 is 1.27 bits per heavy atom. The number of thiophene rings is 1. The summed E-state index contributed by atoms with van der Waals surface area (Å²) in [4.78, 5) is 17.4. The number of aromatic nitrogens is 3. The van der Waals surface area contributed by atoms with Crippen molar-refractivity contribution >= 4 is 61.9 Å². The molecule has 0 unspecified atom stereocenters. The highest BCUT2D eigenvalue weighted by molar-refractivity contribution is 8.02. The molecule has 0 bridgehead atoms. The predicted octanol–water partition coefficient (Wildman–Crippen LogP) is 4.38. The van der Waals surface area contributed by atoms with Crippen LogP contribution >= 0.6 is 34.6 Å². The van der Waals surface area contributed by atoms with Gasteiger partial charge >= 0.3 is 0 Å². The molecule has 1 aliphatic rings. The van der Waals surface area contributed by atoms with Gasteiger partial charge in [0, 0.05) is 45.5 Å². The molecule has 11 heteroatoms. The van der Waals surface area contributed by atoms with E-state index in [4.69, 9.17) is 5.73 Å². The standard InChI is InChI=1S/C12H11N3S3.C10H16N4O/c1-13-12-14-9-5-4-8(7-10(9)17-12)15-18-11-3-2-6-16-11;11-2-5-13-3-1-4-14-10(7-13)6-9(8-15)12-14/h2-7,15H,1H3,(H,13,14);6,8H,1-5,7,11H2. The van der Waals surface area contributed by atoms with Gasteiger partial charge in [0.1, 0.15) is 5.69 Å². The Kier molecular flexibility index (Phi) is 8.35. The van der Waals surface area contributed by atoms with Gasteiger partial charge in [-0.1, -0.05) is 17.4 Å². The van der Waals surface area contributed by atoms with Crippen molar-refractivity contribution in [3.8, 4) is 0 Å². The lowest BCUT2D eigenvalue weighted by molar-refractivity contribution is 0.111. The van der Waals surface area contributed by atoms with Crippen LogP contribution in [0.3, 0.4) is 0 Å². The van der Waals surface area contributed by atoms with Crippen LogP contribution in [-0.4, -0.2) is 52.6 Å². The number of anilines is 2. The lowest BCUT2D eigenvalue weighted by Crippen LogP contribution is -2.29. The van der Waals surface area contributed by atoms with E-state index in [0.717, 1.165) is 60.9 Å². The number of nitrogens with zero attached hydrogens (tertiary/aromatic N) is 4. The number of nitrogens with one attached hydrogen (secondary N) is 2. The molecular weight excluding hydrogens is 474 g/mol. The molecule has 4 aromatic rings. The number of hydrogen-bond donors (Lipinski definition) is 3. The van der Waals surface area contributed by atoms with Crippen molar-refractivity contribution in [1.29, 1.82) is 0 Å². The SMILES string of the molecule is CNc1nc2ccc(NSc3cccs3)cc2s1.NCCN1CCCn2nc(C=O)cc2C1. The van der Waals surface area contributed by atoms with E-state index in [1.54, 1.807) is 34.6 Å². The molecule has 5 rings (SSSR count). The zero-order chi connectivity index (χ0) is 23.0. The van der Waals surface area contributed by atoms with Crippen molar-refractivity contribution in [1.82, 2.24) is 19.7 Å². The Morgan fingerprint density at radius 2 is 2.18 bits per heavy atom. The molecule has 0 saturated carbocycles. The molecular formula is C22H27N7OS3. The summed E-state index contributed by atoms with van der Waals surface area (Å²) in [6, 6.07) is 12.3. The monoisotopic (exact) mass is 501 g/mol. The zero-order valence-corrected chi connectivity index (χ0v) is 20.8. The van der Waals surface area contributed by atoms with Gasteiger partial charge in [0.15, 0.2) is 11.4 Å². The summed E-state index contributed by atoms with van der Waals surface area (Å²) in [6.45, 7) is 4.37. The second-order valence-corrected chi connectivity index (χ2v) is 10.5. The van der Waals surface area contributed by atoms with Crippen molar-refractivity contribution in [2.24, 2.45) is 5.73 Å². The topological polar surface area (TPSA) is 101 Å². The number of thiazole rings is 1. The number of fused-ring (bicyclic) bond motifs is 2. The predicted molar refractivity (Wildman–Crippen MR) is 140 cm³/mol. The number of aryl methyl sites for hydroxylation is 1. The average Bonchev–Trinajstić information content (AvgIpc) is 3.56. The fourth-order valence-corrected chi connectivity index (χ4v) is 5.79. The third-order valence-corrected chi connectivity index (χ3v) is 7.96. The Labute approximate surface area is 205 Å². The lowest BCUT2D eigenvalue weighted by atomic mass is 10.3. The number of carbonyl (C=O) groups is 1. The smallest absolute Gasteiger partial charge is 0.183 e. The fourth-order valence-electron chi connectivity index (χ4n) is 3.51. The number of aldehydes is 1. The average molecular weight is 502 g/mol. The molecule has 0 aliphatic carbocycles. The number of hydrogen-bond acceptors (Lipinski definition) is 10. The van der Waals surface area contributed by atoms with E-state index in [9.17, 15) is 4.79 Å². The summed E-state index contributed by atoms with van der Waals surface area (Å²) in [5.74, 6) is 0. The minimum atomic E-state index is 0.527. The molecule has 0 amide bonds. The highest BCUT2D eigenvalue weighted by atomic mass is 32.2. The number of benzene rings is 1. The molecule has 33 heavy (non-hydrogen) atoms. The third kappa shape index (κ3) is 6.33. The summed E-state index contributed by atoms with van der Waals surface area (Å²) in [7, 11) is 1.89. The van der Waals surface area contributed by atoms with Crippen LogP contribution in [0.5, 0.6) is 0 Å². The van der Waals surface area contributed by atoms with Gasteiger partial charge in [-0.25, -0.2) is 4.98 Å². The van der Waals surface area contributed by atoms with Crippen LogP contribution in [0.1, 0.15) is 22.6 Å². The number of carbonyl (C=O) groups excluding carboxylic acids is 1. The van der Waals surface area contributed by atoms with E-state index in [1.165, 1.54) is 8.91 Å². The van der Waals surface area contributed by atoms with Crippen LogP contribution in [0.25, 0.3) is 10.2 Å². The Morgan fingerprint density at radius 3 is 2.94 bits per heavy atom. The number of nitrogens with two attached hydrogens (primary N) is 1. The van der Waals surface area contributed by atoms with Gasteiger partial charge in [0.25, 0.3) is 0 Å². The Bertz CT molecular complexity index is 1170. The van der Waals surface area contributed by atoms with Crippen molar-refractivity contribution in [2.45, 2.75) is 23.7 Å². The first-order valence-corrected chi connectivity index (χ1v) is 13.2. The maximum atomic E-state index is 10.6. The second-order valence-electron chi connectivity index (χ2n) is 7.41. The van der Waals surface area contributed by atoms with Crippen LogP contribution in [0.4, 0.5) is 10.8 Å². The highest BCUT2D eigenvalue weighted by Gasteiger charge is 2.15. The number of rotatable bonds is 7. The van der Waals surface area contributed by atoms with Crippen LogP contribution < -0.4 is 15.8 Å². The van der Waals surface area contributed by atoms with Gasteiger partial charge in [0.2, 0.25) is 0 Å². The maximum absolute atomic E-state index is 10.6. The lowest BCUT2D eigenvalue weighted by Gasteiger charge is -2.17. The van der Waals surface area contributed by atoms with Gasteiger partial charge in [-0.05, 0) is 54.1 Å². The maximum Gasteiger partial charge on any atom is 0.183 e. The molecule has 4 N–H and O–H groups in total. The summed E-state index contributed by atoms with van der Waals surface area (Å²) >= 11 is 5.04. The highest BCUT2D eigenvalue weighted by Crippen LogP contribution is 2.30. The van der Waals surface area contributed by atoms with Crippen molar-refractivity contribution in [2.75, 3.05) is 36.7 Å². The third-order valence-electron chi connectivity index (χ3n) is 5.04. The minimum Gasteiger partial charge on any atom is -0.365 e. The molecule has 1 aliphatic heterocycles. The molecule has 3 aromatic heterocycles. The van der Waals surface area contributed by atoms with E-state index in [-0.39, 0.29) is 0 Å². The molecule has 1 aromatic carbocycles. The summed E-state index contributed by atoms with van der Waals surface area (Å²) in [5.41, 5.74) is 9.32. The zero-order valence-electron chi connectivity index (χ0n) is 18.4. The quantitative estimate of drug-likeness (QED) is 0.253. The van der Waals surface area contributed by atoms with E-state index in [0.29, 0.717) is 12.2 Å². The normalized spacial score (nSPS) is 13.6. The van der Waals surface area contributed by atoms with Crippen molar-refractivity contribution in [3.05, 3.63) is 53.2 Å². The van der Waals surface area contributed by atoms with Crippen LogP contribution in [0.2, 0.25) is 0 Å². The summed E-state index contributed by atoms with van der Waals surface area (Å²) < 4.78 is 7.73. The molecule has 4 heterocycles. The van der Waals surface area contributed by atoms with E-state index in [1.807, 2.05) is 23.9 Å². The summed E-state index contributed by atoms with van der Waals surface area (Å²) in [5, 5.41) is 10.3. The molecule has 174 valence electrons. The van der Waals surface area contributed by atoms with Gasteiger partial charge in [-0.15, -0.1) is 11.3 Å². The Balaban J connectivity index is 0.000000160. The molecule has 0 saturated heterocycles. The molecule has 0 radical (unpaired) electrons. The van der Waals surface area contributed by atoms with Gasteiger partial charge in [-0.3, -0.25) is 14.4 Å². The van der Waals surface area contributed by atoms with Gasteiger partial charge in [-0.2, -0.15) is 5.10 Å². The summed E-state index contributed by atoms with van der Waals surface area (Å²) in [6.07, 6.45) is 1.86. The molecule has 0 fully saturated rings. The van der Waals surface area contributed by atoms with Crippen LogP contribution in [-0.2, 0) is 13.1 Å². The molecule has 8 nitrogen and oxygen atoms in total. The first-order chi connectivity index (χ1) is 16.2. The second kappa shape index (κ2) is 11.6. The van der Waals surface area contributed by atoms with Gasteiger partial charge < -0.3 is 15.8 Å². The van der Waals surface area contributed by atoms with E-state index in [2.05, 4.69) is 54.7 Å². The van der Waals surface area contributed by atoms with Crippen LogP contribution in [0, 0.1) is 0 Å². The first-order valence-electron chi connectivity index (χ1n) is 10.7. The van der Waals surface area contributed by atoms with E-state index < -0.39 is 0 Å². The Hall–Kier alpha value is -2.44. The minimum absolute atomic E-state index is 0.527. The molecule has 0 atom stereocenters. The van der Waals surface area contributed by atoms with Crippen molar-refractivity contribution < 1.29 is 4.79 Å². The van der Waals surface area contributed by atoms with Crippen LogP contribution in [0.15, 0.2) is 46.0 Å². The molecule has 0 spiro atoms.